The van der Waals surface area contributed by atoms with Gasteiger partial charge in [0, 0.05) is 16.1 Å². The monoisotopic (exact) mass is 365 g/mol. The fourth-order valence-corrected chi connectivity index (χ4v) is 4.40. The first kappa shape index (κ1) is 16.9. The molecule has 1 heterocycles. The molecule has 8 heteroatoms. The lowest BCUT2D eigenvalue weighted by Gasteiger charge is -2.15. The second kappa shape index (κ2) is 6.52. The molecule has 2 N–H and O–H groups in total. The molecule has 2 aromatic rings. The van der Waals surface area contributed by atoms with Gasteiger partial charge in [-0.1, -0.05) is 6.92 Å². The Labute approximate surface area is 145 Å². The van der Waals surface area contributed by atoms with Crippen molar-refractivity contribution in [2.45, 2.75) is 26.2 Å². The maximum atomic E-state index is 12.3. The summed E-state index contributed by atoms with van der Waals surface area (Å²) in [7, 11) is -3.32. The van der Waals surface area contributed by atoms with Crippen molar-refractivity contribution in [3.8, 4) is 0 Å². The van der Waals surface area contributed by atoms with Gasteiger partial charge < -0.3 is 0 Å². The summed E-state index contributed by atoms with van der Waals surface area (Å²) in [4.78, 5) is 18.1. The Morgan fingerprint density at radius 3 is 2.67 bits per heavy atom. The van der Waals surface area contributed by atoms with Crippen LogP contribution >= 0.6 is 11.3 Å². The zero-order valence-electron chi connectivity index (χ0n) is 13.5. The number of rotatable bonds is 4. The number of aryl methyl sites for hydroxylation is 1. The first-order valence-electron chi connectivity index (χ1n) is 7.68. The molecule has 1 aromatic carbocycles. The molecule has 1 aliphatic rings. The van der Waals surface area contributed by atoms with Crippen LogP contribution in [0.15, 0.2) is 24.3 Å². The van der Waals surface area contributed by atoms with Gasteiger partial charge in [-0.3, -0.25) is 14.8 Å². The first-order chi connectivity index (χ1) is 11.3. The maximum Gasteiger partial charge on any atom is 0.257 e. The molecule has 1 amide bonds. The van der Waals surface area contributed by atoms with E-state index in [-0.39, 0.29) is 5.91 Å². The second-order valence-electron chi connectivity index (χ2n) is 6.14. The minimum absolute atomic E-state index is 0.250. The molecule has 0 bridgehead atoms. The average Bonchev–Trinajstić information content (AvgIpc) is 2.87. The van der Waals surface area contributed by atoms with E-state index < -0.39 is 10.0 Å². The molecule has 0 saturated carbocycles. The summed E-state index contributed by atoms with van der Waals surface area (Å²) in [6.45, 7) is 2.23. The highest BCUT2D eigenvalue weighted by Gasteiger charge is 2.20. The number of hydrogen-bond donors (Lipinski definition) is 2. The number of thiazole rings is 1. The summed E-state index contributed by atoms with van der Waals surface area (Å²) in [5.41, 5.74) is 1.98. The van der Waals surface area contributed by atoms with E-state index in [1.54, 1.807) is 24.3 Å². The van der Waals surface area contributed by atoms with Crippen molar-refractivity contribution in [3.05, 3.63) is 40.4 Å². The number of fused-ring (bicyclic) bond motifs is 1. The van der Waals surface area contributed by atoms with Gasteiger partial charge in [-0.25, -0.2) is 13.4 Å². The normalized spacial score (nSPS) is 17.2. The fourth-order valence-electron chi connectivity index (χ4n) is 2.67. The molecule has 1 aromatic heterocycles. The minimum Gasteiger partial charge on any atom is -0.298 e. The first-order valence-corrected chi connectivity index (χ1v) is 10.4. The van der Waals surface area contributed by atoms with Crippen LogP contribution in [-0.4, -0.2) is 25.6 Å². The molecule has 128 valence electrons. The highest BCUT2D eigenvalue weighted by atomic mass is 32.2. The number of sulfonamides is 1. The van der Waals surface area contributed by atoms with Gasteiger partial charge in [0.25, 0.3) is 5.91 Å². The van der Waals surface area contributed by atoms with Crippen molar-refractivity contribution in [3.63, 3.8) is 0 Å². The molecular weight excluding hydrogens is 346 g/mol. The van der Waals surface area contributed by atoms with Gasteiger partial charge in [0.15, 0.2) is 5.13 Å². The Kier molecular flexibility index (Phi) is 4.60. The van der Waals surface area contributed by atoms with Gasteiger partial charge in [-0.2, -0.15) is 0 Å². The summed E-state index contributed by atoms with van der Waals surface area (Å²) in [5.74, 6) is 0.413. The van der Waals surface area contributed by atoms with Crippen LogP contribution in [0.3, 0.4) is 0 Å². The maximum absolute atomic E-state index is 12.3. The van der Waals surface area contributed by atoms with Crippen LogP contribution in [0.5, 0.6) is 0 Å². The van der Waals surface area contributed by atoms with E-state index in [0.29, 0.717) is 22.3 Å². The van der Waals surface area contributed by atoms with Gasteiger partial charge in [0.1, 0.15) is 0 Å². The molecule has 1 aliphatic carbocycles. The van der Waals surface area contributed by atoms with Crippen LogP contribution in [0, 0.1) is 5.92 Å². The molecule has 0 spiro atoms. The van der Waals surface area contributed by atoms with Gasteiger partial charge in [0.2, 0.25) is 10.0 Å². The third-order valence-corrected chi connectivity index (χ3v) is 5.50. The highest BCUT2D eigenvalue weighted by Crippen LogP contribution is 2.32. The van der Waals surface area contributed by atoms with E-state index >= 15 is 0 Å². The zero-order chi connectivity index (χ0) is 17.3. The van der Waals surface area contributed by atoms with Crippen molar-refractivity contribution in [1.82, 2.24) is 4.98 Å². The van der Waals surface area contributed by atoms with E-state index in [2.05, 4.69) is 21.9 Å². The number of nitrogens with zero attached hydrogens (tertiary/aromatic N) is 1. The van der Waals surface area contributed by atoms with Crippen molar-refractivity contribution < 1.29 is 13.2 Å². The fraction of sp³-hybridized carbons (Fsp3) is 0.375. The SMILES string of the molecule is CC1CCc2nc(NC(=O)c3ccc(NS(C)(=O)=O)cc3)sc2C1. The molecular formula is C16H19N3O3S2. The molecule has 0 aliphatic heterocycles. The second-order valence-corrected chi connectivity index (χ2v) is 8.97. The van der Waals surface area contributed by atoms with Gasteiger partial charge in [-0.05, 0) is 49.4 Å². The quantitative estimate of drug-likeness (QED) is 0.872. The van der Waals surface area contributed by atoms with E-state index in [0.717, 1.165) is 31.2 Å². The van der Waals surface area contributed by atoms with Gasteiger partial charge in [-0.15, -0.1) is 11.3 Å². The lowest BCUT2D eigenvalue weighted by Crippen LogP contribution is -2.13. The van der Waals surface area contributed by atoms with Crippen LogP contribution in [-0.2, 0) is 22.9 Å². The lowest BCUT2D eigenvalue weighted by atomic mass is 9.93. The van der Waals surface area contributed by atoms with E-state index in [4.69, 9.17) is 0 Å². The molecule has 1 atom stereocenters. The number of hydrogen-bond acceptors (Lipinski definition) is 5. The Hall–Kier alpha value is -1.93. The number of aromatic nitrogens is 1. The van der Waals surface area contributed by atoms with Gasteiger partial charge in [0.05, 0.1) is 11.9 Å². The van der Waals surface area contributed by atoms with Crippen LogP contribution in [0.2, 0.25) is 0 Å². The topological polar surface area (TPSA) is 88.2 Å². The van der Waals surface area contributed by atoms with Crippen molar-refractivity contribution in [2.75, 3.05) is 16.3 Å². The van der Waals surface area contributed by atoms with E-state index in [1.165, 1.54) is 16.2 Å². The van der Waals surface area contributed by atoms with Crippen LogP contribution < -0.4 is 10.0 Å². The third-order valence-electron chi connectivity index (χ3n) is 3.86. The number of anilines is 2. The summed E-state index contributed by atoms with van der Waals surface area (Å²) in [6.07, 6.45) is 4.21. The van der Waals surface area contributed by atoms with Crippen molar-refractivity contribution >= 4 is 38.1 Å². The summed E-state index contributed by atoms with van der Waals surface area (Å²) in [6, 6.07) is 6.28. The molecule has 1 unspecified atom stereocenters. The zero-order valence-corrected chi connectivity index (χ0v) is 15.1. The van der Waals surface area contributed by atoms with Gasteiger partial charge >= 0.3 is 0 Å². The summed E-state index contributed by atoms with van der Waals surface area (Å²) >= 11 is 1.54. The smallest absolute Gasteiger partial charge is 0.257 e. The number of carbonyl (C=O) groups is 1. The van der Waals surface area contributed by atoms with E-state index in [9.17, 15) is 13.2 Å². The predicted octanol–water partition coefficient (Wildman–Crippen LogP) is 2.89. The summed E-state index contributed by atoms with van der Waals surface area (Å²) in [5, 5.41) is 3.45. The Balaban J connectivity index is 1.69. The van der Waals surface area contributed by atoms with Crippen LogP contribution in [0.25, 0.3) is 0 Å². The minimum atomic E-state index is -3.32. The number of nitrogens with one attached hydrogen (secondary N) is 2. The van der Waals surface area contributed by atoms with Crippen LogP contribution in [0.1, 0.15) is 34.3 Å². The standard InChI is InChI=1S/C16H19N3O3S2/c1-10-3-8-13-14(9-10)23-16(17-13)18-15(20)11-4-6-12(7-5-11)19-24(2,21)22/h4-7,10,19H,3,8-9H2,1-2H3,(H,17,18,20). The molecule has 24 heavy (non-hydrogen) atoms. The Morgan fingerprint density at radius 2 is 2.00 bits per heavy atom. The lowest BCUT2D eigenvalue weighted by molar-refractivity contribution is 0.102. The summed E-state index contributed by atoms with van der Waals surface area (Å²) < 4.78 is 24.7. The molecule has 0 radical (unpaired) electrons. The highest BCUT2D eigenvalue weighted by molar-refractivity contribution is 7.92. The predicted molar refractivity (Wildman–Crippen MR) is 96.2 cm³/mol. The number of amides is 1. The largest absolute Gasteiger partial charge is 0.298 e. The molecule has 0 fully saturated rings. The average molecular weight is 365 g/mol. The molecule has 0 saturated heterocycles. The molecule has 6 nitrogen and oxygen atoms in total. The Morgan fingerprint density at radius 1 is 1.29 bits per heavy atom. The molecule has 3 rings (SSSR count). The third kappa shape index (κ3) is 4.12. The Bertz CT molecular complexity index is 857. The van der Waals surface area contributed by atoms with Crippen LogP contribution in [0.4, 0.5) is 10.8 Å². The number of carbonyl (C=O) groups excluding carboxylic acids is 1. The van der Waals surface area contributed by atoms with Crippen molar-refractivity contribution in [2.24, 2.45) is 5.92 Å². The van der Waals surface area contributed by atoms with E-state index in [1.807, 2.05) is 0 Å². The van der Waals surface area contributed by atoms with Crippen molar-refractivity contribution in [1.29, 1.82) is 0 Å². The number of benzene rings is 1.